The molecule has 3 aliphatic rings. The van der Waals surface area contributed by atoms with Gasteiger partial charge in [0, 0.05) is 11.0 Å². The molecule has 2 aromatic rings. The molecule has 10 heteroatoms. The minimum absolute atomic E-state index is 0.0558. The normalized spacial score (nSPS) is 28.5. The monoisotopic (exact) mass is 304 g/mol. The van der Waals surface area contributed by atoms with E-state index in [2.05, 4.69) is 20.7 Å². The van der Waals surface area contributed by atoms with Crippen molar-refractivity contribution in [1.82, 2.24) is 30.7 Å². The molecule has 0 aliphatic heterocycles. The summed E-state index contributed by atoms with van der Waals surface area (Å²) in [5.74, 6) is -1.44. The number of carbonyl (C=O) groups excluding carboxylic acids is 1. The van der Waals surface area contributed by atoms with Gasteiger partial charge >= 0.3 is 5.69 Å². The maximum Gasteiger partial charge on any atom is 0.328 e. The first kappa shape index (κ1) is 12.8. The average Bonchev–Trinajstić information content (AvgIpc) is 2.83. The highest BCUT2D eigenvalue weighted by Crippen LogP contribution is 2.67. The Morgan fingerprint density at radius 2 is 2.00 bits per heavy atom. The van der Waals surface area contributed by atoms with Gasteiger partial charge in [-0.25, -0.2) is 4.79 Å². The number of aromatic amines is 3. The number of nitrogens with one attached hydrogen (secondary N) is 4. The molecule has 0 spiro atoms. The third kappa shape index (κ3) is 1.57. The van der Waals surface area contributed by atoms with Crippen LogP contribution in [0.3, 0.4) is 0 Å². The van der Waals surface area contributed by atoms with E-state index in [0.717, 1.165) is 5.69 Å². The Morgan fingerprint density at radius 1 is 1.27 bits per heavy atom. The fourth-order valence-electron chi connectivity index (χ4n) is 3.64. The number of hydrogen-bond acceptors (Lipinski definition) is 6. The summed E-state index contributed by atoms with van der Waals surface area (Å²) in [5.41, 5.74) is -1.84. The Bertz CT molecular complexity index is 860. The van der Waals surface area contributed by atoms with E-state index in [4.69, 9.17) is 0 Å². The van der Waals surface area contributed by atoms with Crippen LogP contribution in [0, 0.1) is 0 Å². The largest absolute Gasteiger partial charge is 0.494 e. The molecule has 0 saturated heterocycles. The number of aromatic hydroxyl groups is 1. The maximum atomic E-state index is 12.2. The Kier molecular flexibility index (Phi) is 2.24. The summed E-state index contributed by atoms with van der Waals surface area (Å²) in [4.78, 5) is 38.7. The molecule has 5 N–H and O–H groups in total. The fraction of sp³-hybridized carbons (Fsp3) is 0.417. The Morgan fingerprint density at radius 3 is 2.59 bits per heavy atom. The molecule has 2 heterocycles. The number of aromatic nitrogens is 5. The molecule has 22 heavy (non-hydrogen) atoms. The van der Waals surface area contributed by atoms with Crippen molar-refractivity contribution < 1.29 is 9.90 Å². The molecule has 3 saturated carbocycles. The van der Waals surface area contributed by atoms with Gasteiger partial charge in [-0.3, -0.25) is 19.6 Å². The highest BCUT2D eigenvalue weighted by atomic mass is 16.3. The van der Waals surface area contributed by atoms with E-state index >= 15 is 0 Å². The zero-order valence-electron chi connectivity index (χ0n) is 11.3. The van der Waals surface area contributed by atoms with Crippen LogP contribution in [0.15, 0.2) is 15.8 Å². The Hall–Kier alpha value is -2.91. The van der Waals surface area contributed by atoms with Crippen molar-refractivity contribution in [3.63, 3.8) is 0 Å². The number of carbonyl (C=O) groups is 1. The summed E-state index contributed by atoms with van der Waals surface area (Å²) < 4.78 is 0. The zero-order valence-corrected chi connectivity index (χ0v) is 11.3. The van der Waals surface area contributed by atoms with Crippen LogP contribution in [0.1, 0.15) is 35.3 Å². The molecule has 1 amide bonds. The molecular weight excluding hydrogens is 292 g/mol. The SMILES string of the molecule is O=C(NC12CC(c3cn[nH]n3)(C1)C2)c1c(O)[nH]c(=O)[nH]c1=O. The van der Waals surface area contributed by atoms with E-state index in [1.807, 2.05) is 9.97 Å². The van der Waals surface area contributed by atoms with Crippen LogP contribution >= 0.6 is 0 Å². The smallest absolute Gasteiger partial charge is 0.328 e. The standard InChI is InChI=1S/C12H12N6O4/c19-7-6(8(20)15-10(22)14-7)9(21)16-12-2-11(3-12,4-12)5-1-13-18-17-5/h1H,2-4H2,(H,16,21)(H,13,17,18)(H3,14,15,19,20,22). The highest BCUT2D eigenvalue weighted by molar-refractivity contribution is 5.96. The lowest BCUT2D eigenvalue weighted by atomic mass is 9.38. The van der Waals surface area contributed by atoms with Gasteiger partial charge in [0.1, 0.15) is 0 Å². The van der Waals surface area contributed by atoms with Gasteiger partial charge in [0.05, 0.1) is 11.9 Å². The minimum atomic E-state index is -0.920. The van der Waals surface area contributed by atoms with Gasteiger partial charge < -0.3 is 10.4 Å². The van der Waals surface area contributed by atoms with Crippen LogP contribution < -0.4 is 16.6 Å². The summed E-state index contributed by atoms with van der Waals surface area (Å²) in [6.07, 6.45) is 3.80. The lowest BCUT2D eigenvalue weighted by Crippen LogP contribution is -2.77. The van der Waals surface area contributed by atoms with Crippen molar-refractivity contribution in [1.29, 1.82) is 0 Å². The summed E-state index contributed by atoms with van der Waals surface area (Å²) in [7, 11) is 0. The molecule has 5 rings (SSSR count). The van der Waals surface area contributed by atoms with Gasteiger partial charge in [-0.1, -0.05) is 0 Å². The summed E-state index contributed by atoms with van der Waals surface area (Å²) in [6, 6.07) is 0. The van der Waals surface area contributed by atoms with Gasteiger partial charge in [0.25, 0.3) is 11.5 Å². The van der Waals surface area contributed by atoms with Gasteiger partial charge in [0.15, 0.2) is 5.56 Å². The molecule has 114 valence electrons. The average molecular weight is 304 g/mol. The predicted molar refractivity (Wildman–Crippen MR) is 71.5 cm³/mol. The first-order valence-electron chi connectivity index (χ1n) is 6.67. The first-order chi connectivity index (χ1) is 10.4. The van der Waals surface area contributed by atoms with E-state index in [0.29, 0.717) is 19.3 Å². The second kappa shape index (κ2) is 3.84. The molecule has 2 aromatic heterocycles. The second-order valence-corrected chi connectivity index (χ2v) is 6.03. The van der Waals surface area contributed by atoms with Gasteiger partial charge in [0.2, 0.25) is 5.88 Å². The Balaban J connectivity index is 1.52. The maximum absolute atomic E-state index is 12.2. The van der Waals surface area contributed by atoms with Crippen LogP contribution in [-0.4, -0.2) is 41.9 Å². The van der Waals surface area contributed by atoms with Crippen LogP contribution in [0.2, 0.25) is 0 Å². The van der Waals surface area contributed by atoms with Crippen molar-refractivity contribution in [3.8, 4) is 5.88 Å². The molecule has 2 bridgehead atoms. The van der Waals surface area contributed by atoms with Gasteiger partial charge in [-0.2, -0.15) is 15.4 Å². The van der Waals surface area contributed by atoms with Crippen molar-refractivity contribution in [3.05, 3.63) is 38.3 Å². The van der Waals surface area contributed by atoms with Crippen molar-refractivity contribution >= 4 is 5.91 Å². The third-order valence-corrected chi connectivity index (χ3v) is 4.52. The quantitative estimate of drug-likeness (QED) is 0.464. The summed E-state index contributed by atoms with van der Waals surface area (Å²) in [5, 5.41) is 22.8. The molecule has 3 aliphatic carbocycles. The van der Waals surface area contributed by atoms with Gasteiger partial charge in [-0.05, 0) is 19.3 Å². The summed E-state index contributed by atoms with van der Waals surface area (Å²) >= 11 is 0. The topological polar surface area (TPSA) is 157 Å². The van der Waals surface area contributed by atoms with Crippen molar-refractivity contribution in [2.75, 3.05) is 0 Å². The van der Waals surface area contributed by atoms with Crippen molar-refractivity contribution in [2.24, 2.45) is 0 Å². The molecule has 0 aromatic carbocycles. The van der Waals surface area contributed by atoms with E-state index in [1.165, 1.54) is 0 Å². The predicted octanol–water partition coefficient (Wildman–Crippen LogP) is -1.51. The number of amides is 1. The third-order valence-electron chi connectivity index (χ3n) is 4.52. The molecule has 3 fully saturated rings. The van der Waals surface area contributed by atoms with Crippen LogP contribution in [0.25, 0.3) is 0 Å². The van der Waals surface area contributed by atoms with Crippen LogP contribution in [0.4, 0.5) is 0 Å². The van der Waals surface area contributed by atoms with E-state index < -0.39 is 28.6 Å². The fourth-order valence-corrected chi connectivity index (χ4v) is 3.64. The molecule has 0 radical (unpaired) electrons. The van der Waals surface area contributed by atoms with Crippen LogP contribution in [-0.2, 0) is 5.41 Å². The molecular formula is C12H12N6O4. The lowest BCUT2D eigenvalue weighted by molar-refractivity contribution is -0.0835. The van der Waals surface area contributed by atoms with E-state index in [9.17, 15) is 19.5 Å². The Labute approximate surface area is 122 Å². The molecule has 0 atom stereocenters. The van der Waals surface area contributed by atoms with Crippen molar-refractivity contribution in [2.45, 2.75) is 30.2 Å². The van der Waals surface area contributed by atoms with Crippen LogP contribution in [0.5, 0.6) is 5.88 Å². The van der Waals surface area contributed by atoms with Gasteiger partial charge in [-0.15, -0.1) is 0 Å². The second-order valence-electron chi connectivity index (χ2n) is 6.03. The summed E-state index contributed by atoms with van der Waals surface area (Å²) in [6.45, 7) is 0. The molecule has 10 nitrogen and oxygen atoms in total. The first-order valence-corrected chi connectivity index (χ1v) is 6.67. The lowest BCUT2D eigenvalue weighted by Gasteiger charge is -2.69. The molecule has 0 unspecified atom stereocenters. The van der Waals surface area contributed by atoms with E-state index in [-0.39, 0.29) is 11.0 Å². The number of H-pyrrole nitrogens is 3. The number of nitrogens with zero attached hydrogens (tertiary/aromatic N) is 2. The minimum Gasteiger partial charge on any atom is -0.494 e. The number of rotatable bonds is 3. The zero-order chi connectivity index (χ0) is 15.5. The number of hydrogen-bond donors (Lipinski definition) is 5. The highest BCUT2D eigenvalue weighted by Gasteiger charge is 2.70. The van der Waals surface area contributed by atoms with E-state index in [1.54, 1.807) is 6.20 Å².